The minimum Gasteiger partial charge on any atom is -0.329 e. The molecule has 4 heteroatoms. The van der Waals surface area contributed by atoms with E-state index in [2.05, 4.69) is 37.7 Å². The molecule has 1 rings (SSSR count). The highest BCUT2D eigenvalue weighted by molar-refractivity contribution is 5.20. The van der Waals surface area contributed by atoms with Crippen LogP contribution in [0.5, 0.6) is 0 Å². The van der Waals surface area contributed by atoms with E-state index in [0.29, 0.717) is 12.5 Å². The quantitative estimate of drug-likeness (QED) is 0.794. The first-order chi connectivity index (χ1) is 9.43. The molecule has 0 heterocycles. The van der Waals surface area contributed by atoms with Crippen LogP contribution in [0.1, 0.15) is 25.5 Å². The number of hydrogen-bond acceptors (Lipinski definition) is 3. The van der Waals surface area contributed by atoms with Crippen molar-refractivity contribution >= 4 is 0 Å². The van der Waals surface area contributed by atoms with Gasteiger partial charge in [-0.05, 0) is 37.7 Å². The molecular formula is C16H28FN3. The first-order valence-electron chi connectivity index (χ1n) is 7.28. The number of hydrogen-bond donors (Lipinski definition) is 1. The van der Waals surface area contributed by atoms with Crippen LogP contribution >= 0.6 is 0 Å². The van der Waals surface area contributed by atoms with E-state index in [1.54, 1.807) is 0 Å². The van der Waals surface area contributed by atoms with Crippen LogP contribution in [0.2, 0.25) is 0 Å². The highest BCUT2D eigenvalue weighted by atomic mass is 19.1. The number of likely N-dealkylation sites (N-methyl/N-ethyl adjacent to an activating group) is 1. The molecule has 0 aliphatic rings. The van der Waals surface area contributed by atoms with Crippen LogP contribution in [0.15, 0.2) is 24.3 Å². The van der Waals surface area contributed by atoms with Crippen LogP contribution < -0.4 is 5.73 Å². The van der Waals surface area contributed by atoms with Crippen molar-refractivity contribution in [2.75, 3.05) is 40.3 Å². The molecule has 0 bridgehead atoms. The summed E-state index contributed by atoms with van der Waals surface area (Å²) in [6, 6.07) is 6.86. The summed E-state index contributed by atoms with van der Waals surface area (Å²) in [4.78, 5) is 4.57. The van der Waals surface area contributed by atoms with E-state index >= 15 is 0 Å². The second-order valence-electron chi connectivity index (χ2n) is 6.00. The highest BCUT2D eigenvalue weighted by Gasteiger charge is 2.20. The zero-order valence-electron chi connectivity index (χ0n) is 13.1. The third-order valence-corrected chi connectivity index (χ3v) is 3.35. The van der Waals surface area contributed by atoms with E-state index in [9.17, 15) is 4.39 Å². The van der Waals surface area contributed by atoms with Crippen molar-refractivity contribution in [3.63, 3.8) is 0 Å². The summed E-state index contributed by atoms with van der Waals surface area (Å²) in [5, 5.41) is 0. The Balaban J connectivity index is 2.85. The molecule has 0 saturated heterocycles. The fraction of sp³-hybridized carbons (Fsp3) is 0.625. The number of rotatable bonds is 8. The highest BCUT2D eigenvalue weighted by Crippen LogP contribution is 2.21. The molecule has 1 aromatic rings. The van der Waals surface area contributed by atoms with Crippen molar-refractivity contribution in [2.45, 2.75) is 19.9 Å². The Hall–Kier alpha value is -0.970. The largest absolute Gasteiger partial charge is 0.329 e. The fourth-order valence-electron chi connectivity index (χ4n) is 2.35. The van der Waals surface area contributed by atoms with Crippen molar-refractivity contribution in [1.82, 2.24) is 9.80 Å². The molecular weight excluding hydrogens is 253 g/mol. The third kappa shape index (κ3) is 5.57. The van der Waals surface area contributed by atoms with Crippen LogP contribution in [0.4, 0.5) is 4.39 Å². The summed E-state index contributed by atoms with van der Waals surface area (Å²) >= 11 is 0. The minimum atomic E-state index is -0.201. The normalized spacial score (nSPS) is 13.4. The van der Waals surface area contributed by atoms with Gasteiger partial charge in [-0.15, -0.1) is 0 Å². The molecule has 0 amide bonds. The first kappa shape index (κ1) is 17.1. The molecule has 1 aromatic carbocycles. The van der Waals surface area contributed by atoms with Crippen molar-refractivity contribution in [1.29, 1.82) is 0 Å². The molecule has 0 aliphatic heterocycles. The van der Waals surface area contributed by atoms with Gasteiger partial charge in [0.25, 0.3) is 0 Å². The lowest BCUT2D eigenvalue weighted by Crippen LogP contribution is -2.40. The summed E-state index contributed by atoms with van der Waals surface area (Å²) in [7, 11) is 4.14. The number of nitrogens with two attached hydrogens (primary N) is 1. The van der Waals surface area contributed by atoms with Crippen molar-refractivity contribution in [3.8, 4) is 0 Å². The molecule has 0 aliphatic carbocycles. The zero-order valence-corrected chi connectivity index (χ0v) is 13.1. The summed E-state index contributed by atoms with van der Waals surface area (Å²) in [5.41, 5.74) is 7.07. The molecule has 0 fully saturated rings. The van der Waals surface area contributed by atoms with E-state index in [1.807, 2.05) is 12.1 Å². The number of nitrogens with zero attached hydrogens (tertiary/aromatic N) is 2. The molecule has 0 spiro atoms. The molecule has 0 saturated carbocycles. The van der Waals surface area contributed by atoms with Gasteiger partial charge in [-0.2, -0.15) is 0 Å². The topological polar surface area (TPSA) is 32.5 Å². The van der Waals surface area contributed by atoms with Gasteiger partial charge in [0.15, 0.2) is 0 Å². The minimum absolute atomic E-state index is 0.151. The average molecular weight is 281 g/mol. The van der Waals surface area contributed by atoms with Crippen LogP contribution in [0, 0.1) is 11.7 Å². The van der Waals surface area contributed by atoms with E-state index in [-0.39, 0.29) is 11.9 Å². The predicted octanol–water partition coefficient (Wildman–Crippen LogP) is 2.35. The second-order valence-corrected chi connectivity index (χ2v) is 6.00. The summed E-state index contributed by atoms with van der Waals surface area (Å²) in [5.74, 6) is 0.375. The van der Waals surface area contributed by atoms with Gasteiger partial charge in [-0.1, -0.05) is 26.0 Å². The third-order valence-electron chi connectivity index (χ3n) is 3.35. The Morgan fingerprint density at radius 3 is 2.15 bits per heavy atom. The maximum Gasteiger partial charge on any atom is 0.123 e. The molecule has 2 N–H and O–H groups in total. The van der Waals surface area contributed by atoms with Crippen molar-refractivity contribution in [2.24, 2.45) is 11.7 Å². The SMILES string of the molecule is CC(C)CN(CCN(C)C)C(CN)c1ccc(F)cc1. The summed E-state index contributed by atoms with van der Waals surface area (Å²) in [6.07, 6.45) is 0. The Morgan fingerprint density at radius 2 is 1.70 bits per heavy atom. The van der Waals surface area contributed by atoms with Gasteiger partial charge in [0.1, 0.15) is 5.82 Å². The van der Waals surface area contributed by atoms with E-state index < -0.39 is 0 Å². The molecule has 3 nitrogen and oxygen atoms in total. The average Bonchev–Trinajstić information content (AvgIpc) is 2.38. The van der Waals surface area contributed by atoms with Gasteiger partial charge in [0.05, 0.1) is 0 Å². The lowest BCUT2D eigenvalue weighted by Gasteiger charge is -2.33. The Kier molecular flexibility index (Phi) is 7.13. The van der Waals surface area contributed by atoms with Gasteiger partial charge in [-0.25, -0.2) is 4.39 Å². The van der Waals surface area contributed by atoms with Crippen LogP contribution in [0.3, 0.4) is 0 Å². The molecule has 0 radical (unpaired) electrons. The Morgan fingerprint density at radius 1 is 1.10 bits per heavy atom. The lowest BCUT2D eigenvalue weighted by molar-refractivity contribution is 0.163. The fourth-order valence-corrected chi connectivity index (χ4v) is 2.35. The zero-order chi connectivity index (χ0) is 15.1. The van der Waals surface area contributed by atoms with Crippen LogP contribution in [-0.2, 0) is 0 Å². The van der Waals surface area contributed by atoms with Crippen molar-refractivity contribution < 1.29 is 4.39 Å². The van der Waals surface area contributed by atoms with Crippen molar-refractivity contribution in [3.05, 3.63) is 35.6 Å². The van der Waals surface area contributed by atoms with E-state index in [1.165, 1.54) is 12.1 Å². The van der Waals surface area contributed by atoms with Gasteiger partial charge in [0.2, 0.25) is 0 Å². The Bertz CT molecular complexity index is 376. The standard InChI is InChI=1S/C16H28FN3/c1-13(2)12-20(10-9-19(3)4)16(11-18)14-5-7-15(17)8-6-14/h5-8,13,16H,9-12,18H2,1-4H3. The van der Waals surface area contributed by atoms with E-state index in [4.69, 9.17) is 5.73 Å². The van der Waals surface area contributed by atoms with Crippen LogP contribution in [0.25, 0.3) is 0 Å². The van der Waals surface area contributed by atoms with Gasteiger partial charge in [-0.3, -0.25) is 4.90 Å². The molecule has 1 unspecified atom stereocenters. The Labute approximate surface area is 122 Å². The molecule has 0 aromatic heterocycles. The van der Waals surface area contributed by atoms with E-state index in [0.717, 1.165) is 25.2 Å². The summed E-state index contributed by atoms with van der Waals surface area (Å²) in [6.45, 7) is 7.91. The number of benzene rings is 1. The van der Waals surface area contributed by atoms with Gasteiger partial charge >= 0.3 is 0 Å². The maximum atomic E-state index is 13.1. The smallest absolute Gasteiger partial charge is 0.123 e. The second kappa shape index (κ2) is 8.35. The summed E-state index contributed by atoms with van der Waals surface area (Å²) < 4.78 is 13.1. The molecule has 1 atom stereocenters. The molecule has 114 valence electrons. The van der Waals surface area contributed by atoms with Gasteiger partial charge < -0.3 is 10.6 Å². The van der Waals surface area contributed by atoms with Gasteiger partial charge in [0, 0.05) is 32.2 Å². The monoisotopic (exact) mass is 281 g/mol. The van der Waals surface area contributed by atoms with Crippen LogP contribution in [-0.4, -0.2) is 50.1 Å². The maximum absolute atomic E-state index is 13.1. The number of halogens is 1. The molecule has 20 heavy (non-hydrogen) atoms. The lowest BCUT2D eigenvalue weighted by atomic mass is 10.0. The predicted molar refractivity (Wildman–Crippen MR) is 83.2 cm³/mol. The first-order valence-corrected chi connectivity index (χ1v) is 7.28.